The zero-order chi connectivity index (χ0) is 14.5. The number of hydrogen-bond donors (Lipinski definition) is 1. The largest absolute Gasteiger partial charge is 0.361 e. The maximum Gasteiger partial charge on any atom is 0.289 e. The summed E-state index contributed by atoms with van der Waals surface area (Å²) in [6, 6.07) is 8.43. The molecule has 2 heterocycles. The fraction of sp³-hybridized carbons (Fsp3) is 0.154. The predicted molar refractivity (Wildman–Crippen MR) is 71.9 cm³/mol. The van der Waals surface area contributed by atoms with Crippen molar-refractivity contribution in [3.63, 3.8) is 0 Å². The standard InChI is InChI=1S/C13H11N5O2/c1-9(12-4-2-3-5-15-12)17-13-10(7-14)6-11(8-16-13)18(19)20/h2-6,8-9H,1H3,(H,16,17). The Kier molecular flexibility index (Phi) is 3.86. The number of aromatic nitrogens is 2. The minimum atomic E-state index is -0.584. The van der Waals surface area contributed by atoms with Crippen LogP contribution >= 0.6 is 0 Å². The van der Waals surface area contributed by atoms with E-state index in [2.05, 4.69) is 15.3 Å². The van der Waals surface area contributed by atoms with Crippen molar-refractivity contribution in [1.29, 1.82) is 5.26 Å². The van der Waals surface area contributed by atoms with E-state index in [9.17, 15) is 10.1 Å². The van der Waals surface area contributed by atoms with Crippen molar-refractivity contribution in [1.82, 2.24) is 9.97 Å². The number of rotatable bonds is 4. The van der Waals surface area contributed by atoms with Crippen LogP contribution in [0.15, 0.2) is 36.7 Å². The van der Waals surface area contributed by atoms with Crippen molar-refractivity contribution in [3.8, 4) is 6.07 Å². The van der Waals surface area contributed by atoms with E-state index in [0.717, 1.165) is 11.9 Å². The van der Waals surface area contributed by atoms with Crippen LogP contribution in [0.2, 0.25) is 0 Å². The van der Waals surface area contributed by atoms with Crippen LogP contribution in [0.1, 0.15) is 24.2 Å². The molecule has 0 aliphatic heterocycles. The van der Waals surface area contributed by atoms with Crippen LogP contribution in [0.3, 0.4) is 0 Å². The van der Waals surface area contributed by atoms with Crippen molar-refractivity contribution < 1.29 is 4.92 Å². The predicted octanol–water partition coefficient (Wildman–Crippen LogP) is 2.43. The van der Waals surface area contributed by atoms with Crippen molar-refractivity contribution in [3.05, 3.63) is 58.0 Å². The number of hydrogen-bond acceptors (Lipinski definition) is 6. The van der Waals surface area contributed by atoms with Crippen LogP contribution in [0.25, 0.3) is 0 Å². The molecule has 0 radical (unpaired) electrons. The van der Waals surface area contributed by atoms with Crippen molar-refractivity contribution in [2.75, 3.05) is 5.32 Å². The molecule has 1 atom stereocenters. The maximum atomic E-state index is 10.6. The second-order valence-electron chi connectivity index (χ2n) is 4.08. The monoisotopic (exact) mass is 269 g/mol. The smallest absolute Gasteiger partial charge is 0.289 e. The molecule has 0 spiro atoms. The Morgan fingerprint density at radius 2 is 2.25 bits per heavy atom. The molecular formula is C13H11N5O2. The summed E-state index contributed by atoms with van der Waals surface area (Å²) in [5, 5.41) is 22.7. The highest BCUT2D eigenvalue weighted by molar-refractivity contribution is 5.56. The first kappa shape index (κ1) is 13.4. The zero-order valence-corrected chi connectivity index (χ0v) is 10.6. The third-order valence-corrected chi connectivity index (χ3v) is 2.69. The van der Waals surface area contributed by atoms with Gasteiger partial charge in [-0.05, 0) is 19.1 Å². The number of nitro groups is 1. The Labute approximate surface area is 115 Å². The summed E-state index contributed by atoms with van der Waals surface area (Å²) in [4.78, 5) is 18.2. The van der Waals surface area contributed by atoms with E-state index in [4.69, 9.17) is 5.26 Å². The Balaban J connectivity index is 2.26. The first-order valence-corrected chi connectivity index (χ1v) is 5.84. The molecule has 0 fully saturated rings. The van der Waals surface area contributed by atoms with Gasteiger partial charge in [-0.2, -0.15) is 5.26 Å². The normalized spacial score (nSPS) is 11.4. The Hall–Kier alpha value is -3.01. The average molecular weight is 269 g/mol. The van der Waals surface area contributed by atoms with E-state index in [-0.39, 0.29) is 17.3 Å². The van der Waals surface area contributed by atoms with E-state index in [1.54, 1.807) is 12.3 Å². The molecule has 20 heavy (non-hydrogen) atoms. The summed E-state index contributed by atoms with van der Waals surface area (Å²) in [5.41, 5.74) is 0.705. The zero-order valence-electron chi connectivity index (χ0n) is 10.6. The van der Waals surface area contributed by atoms with E-state index >= 15 is 0 Å². The van der Waals surface area contributed by atoms with Gasteiger partial charge < -0.3 is 5.32 Å². The van der Waals surface area contributed by atoms with E-state index in [1.807, 2.05) is 25.1 Å². The second-order valence-corrected chi connectivity index (χ2v) is 4.08. The van der Waals surface area contributed by atoms with Crippen molar-refractivity contribution >= 4 is 11.5 Å². The van der Waals surface area contributed by atoms with Crippen LogP contribution in [0.4, 0.5) is 11.5 Å². The summed E-state index contributed by atoms with van der Waals surface area (Å²) in [5.74, 6) is 0.302. The van der Waals surface area contributed by atoms with Gasteiger partial charge in [-0.25, -0.2) is 4.98 Å². The van der Waals surface area contributed by atoms with Gasteiger partial charge >= 0.3 is 0 Å². The van der Waals surface area contributed by atoms with Gasteiger partial charge in [-0.3, -0.25) is 15.1 Å². The quantitative estimate of drug-likeness (QED) is 0.675. The molecule has 100 valence electrons. The SMILES string of the molecule is CC(Nc1ncc([N+](=O)[O-])cc1C#N)c1ccccn1. The fourth-order valence-corrected chi connectivity index (χ4v) is 1.66. The van der Waals surface area contributed by atoms with Gasteiger partial charge in [0.15, 0.2) is 0 Å². The molecular weight excluding hydrogens is 258 g/mol. The molecule has 0 saturated heterocycles. The minimum Gasteiger partial charge on any atom is -0.361 e. The van der Waals surface area contributed by atoms with Crippen LogP contribution in [-0.2, 0) is 0 Å². The van der Waals surface area contributed by atoms with Crippen LogP contribution < -0.4 is 5.32 Å². The van der Waals surface area contributed by atoms with E-state index in [1.165, 1.54) is 6.07 Å². The molecule has 0 aromatic carbocycles. The Morgan fingerprint density at radius 3 is 2.85 bits per heavy atom. The molecule has 0 amide bonds. The molecule has 7 nitrogen and oxygen atoms in total. The van der Waals surface area contributed by atoms with Crippen LogP contribution in [-0.4, -0.2) is 14.9 Å². The lowest BCUT2D eigenvalue weighted by atomic mass is 10.2. The van der Waals surface area contributed by atoms with E-state index < -0.39 is 4.92 Å². The Bertz CT molecular complexity index is 666. The Morgan fingerprint density at radius 1 is 1.45 bits per heavy atom. The van der Waals surface area contributed by atoms with Gasteiger partial charge in [-0.15, -0.1) is 0 Å². The lowest BCUT2D eigenvalue weighted by Crippen LogP contribution is -2.10. The number of pyridine rings is 2. The highest BCUT2D eigenvalue weighted by atomic mass is 16.6. The molecule has 2 aromatic heterocycles. The van der Waals surface area contributed by atoms with Gasteiger partial charge in [0.2, 0.25) is 0 Å². The third kappa shape index (κ3) is 2.87. The lowest BCUT2D eigenvalue weighted by molar-refractivity contribution is -0.385. The van der Waals surface area contributed by atoms with Gasteiger partial charge in [-0.1, -0.05) is 6.07 Å². The summed E-state index contributed by atoms with van der Waals surface area (Å²) in [6.07, 6.45) is 2.79. The molecule has 0 saturated carbocycles. The third-order valence-electron chi connectivity index (χ3n) is 2.69. The molecule has 0 aliphatic rings. The van der Waals surface area contributed by atoms with Gasteiger partial charge in [0.05, 0.1) is 16.7 Å². The van der Waals surface area contributed by atoms with E-state index in [0.29, 0.717) is 5.82 Å². The van der Waals surface area contributed by atoms with Gasteiger partial charge in [0.1, 0.15) is 23.6 Å². The number of nitriles is 1. The number of nitrogens with zero attached hydrogens (tertiary/aromatic N) is 4. The average Bonchev–Trinajstić information content (AvgIpc) is 2.48. The summed E-state index contributed by atoms with van der Waals surface area (Å²) >= 11 is 0. The molecule has 7 heteroatoms. The molecule has 0 bridgehead atoms. The summed E-state index contributed by atoms with van der Waals surface area (Å²) in [7, 11) is 0. The highest BCUT2D eigenvalue weighted by Crippen LogP contribution is 2.22. The lowest BCUT2D eigenvalue weighted by Gasteiger charge is -2.14. The molecule has 2 aromatic rings. The fourth-order valence-electron chi connectivity index (χ4n) is 1.66. The maximum absolute atomic E-state index is 10.6. The highest BCUT2D eigenvalue weighted by Gasteiger charge is 2.14. The first-order valence-electron chi connectivity index (χ1n) is 5.84. The summed E-state index contributed by atoms with van der Waals surface area (Å²) < 4.78 is 0. The molecule has 0 aliphatic carbocycles. The first-order chi connectivity index (χ1) is 9.61. The minimum absolute atomic E-state index is 0.127. The number of nitrogens with one attached hydrogen (secondary N) is 1. The molecule has 1 unspecified atom stereocenters. The van der Waals surface area contributed by atoms with Crippen molar-refractivity contribution in [2.24, 2.45) is 0 Å². The molecule has 2 rings (SSSR count). The second kappa shape index (κ2) is 5.75. The van der Waals surface area contributed by atoms with Gasteiger partial charge in [0.25, 0.3) is 5.69 Å². The van der Waals surface area contributed by atoms with Crippen LogP contribution in [0, 0.1) is 21.4 Å². The molecule has 1 N–H and O–H groups in total. The van der Waals surface area contributed by atoms with Gasteiger partial charge in [0, 0.05) is 12.3 Å². The number of anilines is 1. The summed E-state index contributed by atoms with van der Waals surface area (Å²) in [6.45, 7) is 1.87. The topological polar surface area (TPSA) is 105 Å². The van der Waals surface area contributed by atoms with Crippen LogP contribution in [0.5, 0.6) is 0 Å². The van der Waals surface area contributed by atoms with Crippen molar-refractivity contribution in [2.45, 2.75) is 13.0 Å².